The summed E-state index contributed by atoms with van der Waals surface area (Å²) in [6, 6.07) is 20.5. The number of benzene rings is 2. The molecule has 184 valence electrons. The standard InChI is InChI=1S/C29H25N5O3/c35-28(22-12-13-22)32-25-10-5-16-33-24(19-30-27(25)33)14-11-20-6-4-9-23(18-20)31-29(36)34-26(15-17-37-34)21-7-2-1-3-8-21/h1-10,16,18-19,22,26H,12-13,15,17H2,(H,31,36)(H,32,35)/t26-/m0/s1. The molecular weight excluding hydrogens is 466 g/mol. The highest BCUT2D eigenvalue weighted by Crippen LogP contribution is 2.31. The maximum Gasteiger partial charge on any atom is 0.346 e. The minimum absolute atomic E-state index is 0.0389. The summed E-state index contributed by atoms with van der Waals surface area (Å²) in [4.78, 5) is 35.3. The topological polar surface area (TPSA) is 88.0 Å². The molecule has 6 rings (SSSR count). The number of anilines is 2. The first kappa shape index (κ1) is 22.8. The molecule has 2 aromatic carbocycles. The number of pyridine rings is 1. The molecule has 0 bridgehead atoms. The van der Waals surface area contributed by atoms with Crippen molar-refractivity contribution in [2.75, 3.05) is 17.2 Å². The van der Waals surface area contributed by atoms with E-state index in [9.17, 15) is 9.59 Å². The molecule has 0 radical (unpaired) electrons. The van der Waals surface area contributed by atoms with Gasteiger partial charge in [-0.1, -0.05) is 42.3 Å². The molecule has 37 heavy (non-hydrogen) atoms. The molecule has 2 N–H and O–H groups in total. The number of nitrogens with one attached hydrogen (secondary N) is 2. The van der Waals surface area contributed by atoms with E-state index in [1.54, 1.807) is 6.20 Å². The summed E-state index contributed by atoms with van der Waals surface area (Å²) in [7, 11) is 0. The fraction of sp³-hybridized carbons (Fsp3) is 0.207. The summed E-state index contributed by atoms with van der Waals surface area (Å²) in [5.41, 5.74) is 4.44. The van der Waals surface area contributed by atoms with E-state index in [1.165, 1.54) is 5.06 Å². The zero-order valence-corrected chi connectivity index (χ0v) is 20.1. The van der Waals surface area contributed by atoms with Crippen molar-refractivity contribution in [2.45, 2.75) is 25.3 Å². The van der Waals surface area contributed by atoms with Gasteiger partial charge < -0.3 is 10.6 Å². The van der Waals surface area contributed by atoms with Crippen molar-refractivity contribution in [3.05, 3.63) is 95.9 Å². The highest BCUT2D eigenvalue weighted by atomic mass is 16.7. The van der Waals surface area contributed by atoms with E-state index >= 15 is 0 Å². The summed E-state index contributed by atoms with van der Waals surface area (Å²) in [5.74, 6) is 6.46. The first-order valence-electron chi connectivity index (χ1n) is 12.3. The molecule has 2 fully saturated rings. The Morgan fingerprint density at radius 1 is 0.946 bits per heavy atom. The minimum atomic E-state index is -0.320. The van der Waals surface area contributed by atoms with E-state index in [4.69, 9.17) is 4.84 Å². The van der Waals surface area contributed by atoms with Crippen LogP contribution in [0, 0.1) is 17.8 Å². The summed E-state index contributed by atoms with van der Waals surface area (Å²) < 4.78 is 1.86. The Kier molecular flexibility index (Phi) is 6.05. The zero-order chi connectivity index (χ0) is 25.2. The Morgan fingerprint density at radius 3 is 2.65 bits per heavy atom. The van der Waals surface area contributed by atoms with Gasteiger partial charge in [0, 0.05) is 29.8 Å². The highest BCUT2D eigenvalue weighted by Gasteiger charge is 2.32. The largest absolute Gasteiger partial charge is 0.346 e. The lowest BCUT2D eigenvalue weighted by Gasteiger charge is -2.23. The normalized spacial score (nSPS) is 16.8. The Balaban J connectivity index is 1.17. The van der Waals surface area contributed by atoms with E-state index in [1.807, 2.05) is 77.3 Å². The number of hydrogen-bond acceptors (Lipinski definition) is 4. The van der Waals surface area contributed by atoms with Crippen molar-refractivity contribution in [1.29, 1.82) is 0 Å². The van der Waals surface area contributed by atoms with Crippen LogP contribution in [0.3, 0.4) is 0 Å². The van der Waals surface area contributed by atoms with Crippen molar-refractivity contribution in [1.82, 2.24) is 14.4 Å². The van der Waals surface area contributed by atoms with Crippen molar-refractivity contribution in [2.24, 2.45) is 5.92 Å². The second kappa shape index (κ2) is 9.80. The molecule has 3 heterocycles. The van der Waals surface area contributed by atoms with E-state index in [0.717, 1.165) is 30.4 Å². The summed E-state index contributed by atoms with van der Waals surface area (Å²) in [6.07, 6.45) is 6.19. The molecule has 8 nitrogen and oxygen atoms in total. The predicted octanol–water partition coefficient (Wildman–Crippen LogP) is 4.99. The lowest BCUT2D eigenvalue weighted by Crippen LogP contribution is -2.33. The van der Waals surface area contributed by atoms with Gasteiger partial charge in [0.2, 0.25) is 5.91 Å². The van der Waals surface area contributed by atoms with Gasteiger partial charge in [0.1, 0.15) is 5.69 Å². The number of urea groups is 1. The second-order valence-electron chi connectivity index (χ2n) is 9.16. The smallest absolute Gasteiger partial charge is 0.323 e. The number of fused-ring (bicyclic) bond motifs is 1. The number of carbonyl (C=O) groups excluding carboxylic acids is 2. The lowest BCUT2D eigenvalue weighted by molar-refractivity contribution is -0.117. The van der Waals surface area contributed by atoms with Crippen LogP contribution < -0.4 is 10.6 Å². The van der Waals surface area contributed by atoms with E-state index in [2.05, 4.69) is 27.5 Å². The van der Waals surface area contributed by atoms with Gasteiger partial charge in [-0.05, 0) is 54.7 Å². The van der Waals surface area contributed by atoms with Crippen LogP contribution in [0.2, 0.25) is 0 Å². The Hall–Kier alpha value is -4.61. The number of carbonyl (C=O) groups is 2. The van der Waals surface area contributed by atoms with Crippen molar-refractivity contribution in [3.8, 4) is 11.8 Å². The molecule has 0 spiro atoms. The quantitative estimate of drug-likeness (QED) is 0.394. The van der Waals surface area contributed by atoms with Gasteiger partial charge in [-0.2, -0.15) is 5.06 Å². The van der Waals surface area contributed by atoms with Gasteiger partial charge in [-0.25, -0.2) is 9.78 Å². The summed E-state index contributed by atoms with van der Waals surface area (Å²) in [6.45, 7) is 0.490. The Labute approximate surface area is 214 Å². The van der Waals surface area contributed by atoms with Gasteiger partial charge in [-0.15, -0.1) is 0 Å². The SMILES string of the molecule is O=C(Nc1cccn2c(C#Cc3cccc(NC(=O)N4OCC[C@H]4c4ccccc4)c3)cnc12)C1CC1. The van der Waals surface area contributed by atoms with Gasteiger partial charge in [0.05, 0.1) is 24.5 Å². The molecule has 2 aromatic heterocycles. The van der Waals surface area contributed by atoms with Crippen LogP contribution in [0.15, 0.2) is 79.1 Å². The first-order valence-corrected chi connectivity index (χ1v) is 12.3. The van der Waals surface area contributed by atoms with E-state index in [-0.39, 0.29) is 23.9 Å². The van der Waals surface area contributed by atoms with Gasteiger partial charge in [-0.3, -0.25) is 14.0 Å². The number of rotatable bonds is 4. The number of hydroxylamine groups is 2. The number of nitrogens with zero attached hydrogens (tertiary/aromatic N) is 3. The molecule has 4 aromatic rings. The predicted molar refractivity (Wildman–Crippen MR) is 140 cm³/mol. The van der Waals surface area contributed by atoms with Crippen LogP contribution in [0.4, 0.5) is 16.2 Å². The Bertz CT molecular complexity index is 1530. The van der Waals surface area contributed by atoms with Crippen molar-refractivity contribution < 1.29 is 14.4 Å². The number of imidazole rings is 1. The second-order valence-corrected chi connectivity index (χ2v) is 9.16. The summed E-state index contributed by atoms with van der Waals surface area (Å²) in [5, 5.41) is 7.30. The third-order valence-electron chi connectivity index (χ3n) is 6.48. The third-order valence-corrected chi connectivity index (χ3v) is 6.48. The van der Waals surface area contributed by atoms with Crippen LogP contribution in [-0.4, -0.2) is 33.0 Å². The molecule has 3 amide bonds. The van der Waals surface area contributed by atoms with Crippen LogP contribution in [0.25, 0.3) is 5.65 Å². The van der Waals surface area contributed by atoms with Crippen LogP contribution in [0.5, 0.6) is 0 Å². The average molecular weight is 492 g/mol. The number of aromatic nitrogens is 2. The molecule has 1 aliphatic heterocycles. The van der Waals surface area contributed by atoms with Crippen LogP contribution >= 0.6 is 0 Å². The van der Waals surface area contributed by atoms with Gasteiger partial charge in [0.15, 0.2) is 5.65 Å². The van der Waals surface area contributed by atoms with Crippen molar-refractivity contribution in [3.63, 3.8) is 0 Å². The maximum absolute atomic E-state index is 13.0. The Morgan fingerprint density at radius 2 is 1.81 bits per heavy atom. The molecule has 1 saturated heterocycles. The van der Waals surface area contributed by atoms with Crippen LogP contribution in [-0.2, 0) is 9.63 Å². The first-order chi connectivity index (χ1) is 18.2. The van der Waals surface area contributed by atoms with E-state index in [0.29, 0.717) is 29.3 Å². The fourth-order valence-electron chi connectivity index (χ4n) is 4.42. The maximum atomic E-state index is 13.0. The molecule has 1 atom stereocenters. The van der Waals surface area contributed by atoms with Crippen LogP contribution in [0.1, 0.15) is 42.1 Å². The lowest BCUT2D eigenvalue weighted by atomic mass is 10.1. The van der Waals surface area contributed by atoms with Gasteiger partial charge in [0.25, 0.3) is 0 Å². The number of amides is 3. The van der Waals surface area contributed by atoms with E-state index < -0.39 is 0 Å². The third kappa shape index (κ3) is 4.90. The molecule has 1 saturated carbocycles. The molecule has 0 unspecified atom stereocenters. The van der Waals surface area contributed by atoms with Crippen molar-refractivity contribution >= 4 is 29.0 Å². The fourth-order valence-corrected chi connectivity index (χ4v) is 4.42. The molecule has 8 heteroatoms. The summed E-state index contributed by atoms with van der Waals surface area (Å²) >= 11 is 0. The highest BCUT2D eigenvalue weighted by molar-refractivity contribution is 5.97. The van der Waals surface area contributed by atoms with Gasteiger partial charge >= 0.3 is 6.03 Å². The molecule has 1 aliphatic carbocycles. The average Bonchev–Trinajstić information content (AvgIpc) is 3.51. The monoisotopic (exact) mass is 491 g/mol. The molecular formula is C29H25N5O3. The number of hydrogen-bond donors (Lipinski definition) is 2. The zero-order valence-electron chi connectivity index (χ0n) is 20.1. The minimum Gasteiger partial charge on any atom is -0.323 e. The molecule has 2 aliphatic rings.